The van der Waals surface area contributed by atoms with Gasteiger partial charge >= 0.3 is 0 Å². The lowest BCUT2D eigenvalue weighted by Gasteiger charge is -2.28. The predicted octanol–water partition coefficient (Wildman–Crippen LogP) is 4.12. The number of carbonyl (C=O) groups is 2. The minimum atomic E-state index is -0.637. The molecule has 0 aliphatic heterocycles. The molecule has 0 saturated heterocycles. The molecule has 4 N–H and O–H groups in total. The van der Waals surface area contributed by atoms with Crippen LogP contribution in [0.5, 0.6) is 0 Å². The molecule has 5 rings (SSSR count). The third-order valence-electron chi connectivity index (χ3n) is 7.92. The van der Waals surface area contributed by atoms with E-state index in [4.69, 9.17) is 0 Å². The molecule has 2 aromatic heterocycles. The van der Waals surface area contributed by atoms with E-state index in [0.717, 1.165) is 61.0 Å². The molecule has 38 heavy (non-hydrogen) atoms. The molecular weight excluding hydrogens is 480 g/mol. The molecule has 9 heteroatoms. The Kier molecular flexibility index (Phi) is 7.65. The minimum Gasteiger partial charge on any atom is -0.394 e. The number of H-pyrrole nitrogens is 1. The van der Waals surface area contributed by atoms with E-state index in [9.17, 15) is 14.7 Å². The quantitative estimate of drug-likeness (QED) is 0.287. The third-order valence-corrected chi connectivity index (χ3v) is 7.92. The Hall–Kier alpha value is -3.46. The standard InChI is InChI=1S/C29H38N6O3/c1-4-22-26(23(5-2)34-33-22)20-10-12-21(13-11-20)31-29(38)27(25(18-6-7-18)19-8-9-19)32-28(37)24-14-15-30-35(24)17(3)16-36/h10-15,17-19,25,27,36H,4-9,16H2,1-3H3,(H,31,38)(H,32,37)(H,33,34)/t17-,27-/m0/s1. The van der Waals surface area contributed by atoms with Gasteiger partial charge in [-0.3, -0.25) is 19.4 Å². The van der Waals surface area contributed by atoms with Gasteiger partial charge < -0.3 is 15.7 Å². The number of nitrogens with one attached hydrogen (secondary N) is 3. The van der Waals surface area contributed by atoms with E-state index in [0.29, 0.717) is 23.2 Å². The zero-order valence-corrected chi connectivity index (χ0v) is 22.4. The van der Waals surface area contributed by atoms with Gasteiger partial charge in [-0.25, -0.2) is 0 Å². The number of amides is 2. The Labute approximate surface area is 223 Å². The molecule has 202 valence electrons. The zero-order valence-electron chi connectivity index (χ0n) is 22.4. The van der Waals surface area contributed by atoms with Crippen LogP contribution < -0.4 is 10.6 Å². The average Bonchev–Trinajstić information content (AvgIpc) is 3.86. The molecule has 2 aliphatic rings. The van der Waals surface area contributed by atoms with E-state index < -0.39 is 6.04 Å². The summed E-state index contributed by atoms with van der Waals surface area (Å²) < 4.78 is 1.51. The van der Waals surface area contributed by atoms with Gasteiger partial charge in [-0.15, -0.1) is 0 Å². The number of benzene rings is 1. The summed E-state index contributed by atoms with van der Waals surface area (Å²) in [4.78, 5) is 27.1. The highest BCUT2D eigenvalue weighted by Crippen LogP contribution is 2.51. The van der Waals surface area contributed by atoms with Crippen LogP contribution in [-0.2, 0) is 17.6 Å². The van der Waals surface area contributed by atoms with E-state index >= 15 is 0 Å². The minimum absolute atomic E-state index is 0.120. The second kappa shape index (κ2) is 11.1. The normalized spacial score (nSPS) is 16.9. The van der Waals surface area contributed by atoms with Crippen LogP contribution >= 0.6 is 0 Å². The zero-order chi connectivity index (χ0) is 26.8. The fourth-order valence-corrected chi connectivity index (χ4v) is 5.58. The van der Waals surface area contributed by atoms with Gasteiger partial charge in [0.05, 0.1) is 18.3 Å². The molecule has 9 nitrogen and oxygen atoms in total. The lowest BCUT2D eigenvalue weighted by atomic mass is 9.88. The van der Waals surface area contributed by atoms with Crippen molar-refractivity contribution in [3.8, 4) is 11.1 Å². The van der Waals surface area contributed by atoms with Crippen molar-refractivity contribution in [2.75, 3.05) is 11.9 Å². The summed E-state index contributed by atoms with van der Waals surface area (Å²) in [5.41, 5.74) is 5.38. The van der Waals surface area contributed by atoms with E-state index in [1.165, 1.54) is 4.68 Å². The molecule has 2 aliphatic carbocycles. The second-order valence-corrected chi connectivity index (χ2v) is 10.7. The van der Waals surface area contributed by atoms with Gasteiger partial charge in [0.1, 0.15) is 11.7 Å². The number of anilines is 1. The topological polar surface area (TPSA) is 125 Å². The highest BCUT2D eigenvalue weighted by Gasteiger charge is 2.48. The number of carbonyl (C=O) groups excluding carboxylic acids is 2. The number of aryl methyl sites for hydroxylation is 2. The van der Waals surface area contributed by atoms with Crippen LogP contribution in [-0.4, -0.2) is 49.5 Å². The number of aliphatic hydroxyl groups excluding tert-OH is 1. The second-order valence-electron chi connectivity index (χ2n) is 10.7. The predicted molar refractivity (Wildman–Crippen MR) is 146 cm³/mol. The summed E-state index contributed by atoms with van der Waals surface area (Å²) >= 11 is 0. The Bertz CT molecular complexity index is 1240. The third kappa shape index (κ3) is 5.38. The molecule has 2 amide bonds. The first-order chi connectivity index (χ1) is 18.4. The van der Waals surface area contributed by atoms with Gasteiger partial charge in [-0.1, -0.05) is 26.0 Å². The number of rotatable bonds is 12. The van der Waals surface area contributed by atoms with E-state index in [1.807, 2.05) is 24.3 Å². The summed E-state index contributed by atoms with van der Waals surface area (Å²) in [7, 11) is 0. The van der Waals surface area contributed by atoms with E-state index in [2.05, 4.69) is 39.8 Å². The van der Waals surface area contributed by atoms with Crippen molar-refractivity contribution in [1.82, 2.24) is 25.3 Å². The Balaban J connectivity index is 1.36. The largest absolute Gasteiger partial charge is 0.394 e. The summed E-state index contributed by atoms with van der Waals surface area (Å²) in [5.74, 6) is 0.508. The van der Waals surface area contributed by atoms with Crippen LogP contribution in [0.3, 0.4) is 0 Å². The van der Waals surface area contributed by atoms with Crippen LogP contribution in [0.25, 0.3) is 11.1 Å². The maximum Gasteiger partial charge on any atom is 0.270 e. The number of aromatic amines is 1. The van der Waals surface area contributed by atoms with Crippen molar-refractivity contribution < 1.29 is 14.7 Å². The first-order valence-corrected chi connectivity index (χ1v) is 13.9. The molecule has 0 unspecified atom stereocenters. The number of hydrogen-bond donors (Lipinski definition) is 4. The Morgan fingerprint density at radius 2 is 1.76 bits per heavy atom. The fourth-order valence-electron chi connectivity index (χ4n) is 5.58. The summed E-state index contributed by atoms with van der Waals surface area (Å²) in [6.45, 7) is 5.86. The van der Waals surface area contributed by atoms with Gasteiger partial charge in [0.15, 0.2) is 0 Å². The highest BCUT2D eigenvalue weighted by molar-refractivity contribution is 6.01. The molecule has 2 fully saturated rings. The van der Waals surface area contributed by atoms with Gasteiger partial charge in [-0.2, -0.15) is 10.2 Å². The number of nitrogens with zero attached hydrogens (tertiary/aromatic N) is 3. The van der Waals surface area contributed by atoms with Crippen LogP contribution in [0.1, 0.15) is 74.4 Å². The van der Waals surface area contributed by atoms with Gasteiger partial charge in [0.25, 0.3) is 5.91 Å². The van der Waals surface area contributed by atoms with Crippen LogP contribution in [0.4, 0.5) is 5.69 Å². The molecule has 3 aromatic rings. The van der Waals surface area contributed by atoms with Crippen molar-refractivity contribution in [3.63, 3.8) is 0 Å². The van der Waals surface area contributed by atoms with Crippen LogP contribution in [0, 0.1) is 17.8 Å². The van der Waals surface area contributed by atoms with Gasteiger partial charge in [-0.05, 0) is 87.0 Å². The lowest BCUT2D eigenvalue weighted by molar-refractivity contribution is -0.119. The smallest absolute Gasteiger partial charge is 0.270 e. The summed E-state index contributed by atoms with van der Waals surface area (Å²) in [6, 6.07) is 8.51. The highest BCUT2D eigenvalue weighted by atomic mass is 16.3. The van der Waals surface area contributed by atoms with Crippen molar-refractivity contribution in [3.05, 3.63) is 53.6 Å². The molecule has 2 saturated carbocycles. The first kappa shape index (κ1) is 26.2. The summed E-state index contributed by atoms with van der Waals surface area (Å²) in [6.07, 6.45) is 7.63. The molecule has 0 spiro atoms. The van der Waals surface area contributed by atoms with Crippen molar-refractivity contribution in [1.29, 1.82) is 0 Å². The van der Waals surface area contributed by atoms with Crippen LogP contribution in [0.2, 0.25) is 0 Å². The maximum atomic E-state index is 13.7. The first-order valence-electron chi connectivity index (χ1n) is 13.9. The number of aromatic nitrogens is 4. The van der Waals surface area contributed by atoms with Crippen LogP contribution in [0.15, 0.2) is 36.5 Å². The Morgan fingerprint density at radius 3 is 2.34 bits per heavy atom. The molecule has 2 atom stereocenters. The Morgan fingerprint density at radius 1 is 1.08 bits per heavy atom. The lowest BCUT2D eigenvalue weighted by Crippen LogP contribution is -2.50. The summed E-state index contributed by atoms with van der Waals surface area (Å²) in [5, 5.41) is 27.5. The molecule has 2 heterocycles. The number of aliphatic hydroxyl groups is 1. The van der Waals surface area contributed by atoms with E-state index in [1.54, 1.807) is 19.2 Å². The average molecular weight is 519 g/mol. The van der Waals surface area contributed by atoms with Crippen molar-refractivity contribution >= 4 is 17.5 Å². The molecular formula is C29H38N6O3. The monoisotopic (exact) mass is 518 g/mol. The molecule has 0 radical (unpaired) electrons. The SMILES string of the molecule is CCc1n[nH]c(CC)c1-c1ccc(NC(=O)[C@@H](NC(=O)c2ccnn2[C@@H](C)CO)C(C2CC2)C2CC2)cc1. The van der Waals surface area contributed by atoms with Crippen molar-refractivity contribution in [2.45, 2.75) is 71.4 Å². The molecule has 1 aromatic carbocycles. The van der Waals surface area contributed by atoms with Crippen molar-refractivity contribution in [2.24, 2.45) is 17.8 Å². The van der Waals surface area contributed by atoms with E-state index in [-0.39, 0.29) is 30.4 Å². The van der Waals surface area contributed by atoms with Gasteiger partial charge in [0.2, 0.25) is 5.91 Å². The number of hydrogen-bond acceptors (Lipinski definition) is 5. The van der Waals surface area contributed by atoms with Gasteiger partial charge in [0, 0.05) is 23.1 Å². The fraction of sp³-hybridized carbons (Fsp3) is 0.517. The maximum absolute atomic E-state index is 13.7. The molecule has 0 bridgehead atoms.